The van der Waals surface area contributed by atoms with E-state index in [1.165, 1.54) is 12.1 Å². The summed E-state index contributed by atoms with van der Waals surface area (Å²) in [5.74, 6) is 1.23. The summed E-state index contributed by atoms with van der Waals surface area (Å²) in [7, 11) is 1.58. The molecule has 0 fully saturated rings. The maximum atomic E-state index is 12.6. The number of nitrogens with one attached hydrogen (secondary N) is 2. The number of benzene rings is 2. The lowest BCUT2D eigenvalue weighted by Crippen LogP contribution is -2.36. The number of rotatable bonds is 5. The molecule has 3 rings (SSSR count). The van der Waals surface area contributed by atoms with Gasteiger partial charge in [-0.25, -0.2) is 0 Å². The van der Waals surface area contributed by atoms with Crippen LogP contribution in [0.3, 0.4) is 0 Å². The quantitative estimate of drug-likeness (QED) is 0.473. The summed E-state index contributed by atoms with van der Waals surface area (Å²) in [5.41, 5.74) is 0.773. The molecule has 3 aromatic rings. The van der Waals surface area contributed by atoms with Gasteiger partial charge >= 0.3 is 6.18 Å². The predicted octanol–water partition coefficient (Wildman–Crippen LogP) is 4.27. The highest BCUT2D eigenvalue weighted by Gasteiger charge is 2.29. The molecule has 0 spiro atoms. The largest absolute Gasteiger partial charge is 0.416 e. The lowest BCUT2D eigenvalue weighted by molar-refractivity contribution is -0.137. The minimum atomic E-state index is -4.35. The lowest BCUT2D eigenvalue weighted by atomic mass is 10.1. The second-order valence-electron chi connectivity index (χ2n) is 5.99. The van der Waals surface area contributed by atoms with Crippen LogP contribution in [-0.4, -0.2) is 23.1 Å². The number of hydrogen-bond acceptors (Lipinski definition) is 4. The summed E-state index contributed by atoms with van der Waals surface area (Å²) in [6.45, 7) is 0.533. The lowest BCUT2D eigenvalue weighted by Gasteiger charge is -2.11. The van der Waals surface area contributed by atoms with Crippen molar-refractivity contribution in [3.8, 4) is 11.4 Å². The van der Waals surface area contributed by atoms with E-state index in [1.54, 1.807) is 31.3 Å². The van der Waals surface area contributed by atoms with Crippen molar-refractivity contribution in [2.24, 2.45) is 4.99 Å². The maximum Gasteiger partial charge on any atom is 0.416 e. The molecule has 0 saturated heterocycles. The van der Waals surface area contributed by atoms with Crippen LogP contribution in [-0.2, 0) is 19.3 Å². The molecule has 0 aliphatic carbocycles. The van der Waals surface area contributed by atoms with E-state index in [0.29, 0.717) is 34.8 Å². The number of hydrogen-bond donors (Lipinski definition) is 2. The van der Waals surface area contributed by atoms with Crippen LogP contribution < -0.4 is 10.6 Å². The van der Waals surface area contributed by atoms with Crippen molar-refractivity contribution >= 4 is 17.6 Å². The Labute approximate surface area is 169 Å². The van der Waals surface area contributed by atoms with Gasteiger partial charge in [0.1, 0.15) is 0 Å². The molecule has 0 saturated carbocycles. The standard InChI is InChI=1S/C19H17ClF3N5O/c1-24-18(25-10-12-2-6-14(7-3-12)19(21,22)23)26-11-16-27-17(28-29-16)13-4-8-15(20)9-5-13/h2-9H,10-11H2,1H3,(H2,24,25,26). The van der Waals surface area contributed by atoms with E-state index < -0.39 is 11.7 Å². The summed E-state index contributed by atoms with van der Waals surface area (Å²) in [6.07, 6.45) is -4.35. The van der Waals surface area contributed by atoms with E-state index in [9.17, 15) is 13.2 Å². The van der Waals surface area contributed by atoms with E-state index in [1.807, 2.05) is 0 Å². The van der Waals surface area contributed by atoms with E-state index in [-0.39, 0.29) is 6.54 Å². The first-order chi connectivity index (χ1) is 13.8. The van der Waals surface area contributed by atoms with Gasteiger partial charge in [0.15, 0.2) is 5.96 Å². The van der Waals surface area contributed by atoms with Gasteiger partial charge in [0, 0.05) is 24.2 Å². The molecule has 2 aromatic carbocycles. The highest BCUT2D eigenvalue weighted by Crippen LogP contribution is 2.29. The molecule has 2 N–H and O–H groups in total. The molecule has 29 heavy (non-hydrogen) atoms. The number of guanidine groups is 1. The van der Waals surface area contributed by atoms with Gasteiger partial charge in [-0.05, 0) is 42.0 Å². The monoisotopic (exact) mass is 423 g/mol. The minimum Gasteiger partial charge on any atom is -0.352 e. The molecule has 152 valence electrons. The fourth-order valence-corrected chi connectivity index (χ4v) is 2.55. The third-order valence-electron chi connectivity index (χ3n) is 3.94. The van der Waals surface area contributed by atoms with Crippen LogP contribution in [0.5, 0.6) is 0 Å². The van der Waals surface area contributed by atoms with Gasteiger partial charge in [-0.1, -0.05) is 28.9 Å². The Bertz CT molecular complexity index is 969. The highest BCUT2D eigenvalue weighted by atomic mass is 35.5. The Hall–Kier alpha value is -3.07. The third-order valence-corrected chi connectivity index (χ3v) is 4.19. The SMILES string of the molecule is CN=C(NCc1ccc(C(F)(F)F)cc1)NCc1nc(-c2ccc(Cl)cc2)no1. The van der Waals surface area contributed by atoms with Crippen molar-refractivity contribution in [1.82, 2.24) is 20.8 Å². The van der Waals surface area contributed by atoms with Gasteiger partial charge in [0.05, 0.1) is 12.1 Å². The van der Waals surface area contributed by atoms with Crippen molar-refractivity contribution in [2.45, 2.75) is 19.3 Å². The number of alkyl halides is 3. The molecular formula is C19H17ClF3N5O. The molecule has 6 nitrogen and oxygen atoms in total. The third kappa shape index (κ3) is 5.71. The number of nitrogens with zero attached hydrogens (tertiary/aromatic N) is 3. The molecule has 0 unspecified atom stereocenters. The minimum absolute atomic E-state index is 0.229. The summed E-state index contributed by atoms with van der Waals surface area (Å²) >= 11 is 5.86. The van der Waals surface area contributed by atoms with Crippen LogP contribution in [0.4, 0.5) is 13.2 Å². The van der Waals surface area contributed by atoms with Crippen LogP contribution in [0.2, 0.25) is 5.02 Å². The average molecular weight is 424 g/mol. The fraction of sp³-hybridized carbons (Fsp3) is 0.211. The topological polar surface area (TPSA) is 75.3 Å². The number of halogens is 4. The van der Waals surface area contributed by atoms with Crippen LogP contribution in [0, 0.1) is 0 Å². The van der Waals surface area contributed by atoms with Crippen LogP contribution in [0.25, 0.3) is 11.4 Å². The normalized spacial score (nSPS) is 12.1. The second kappa shape index (κ2) is 8.95. The van der Waals surface area contributed by atoms with Crippen LogP contribution in [0.1, 0.15) is 17.0 Å². The highest BCUT2D eigenvalue weighted by molar-refractivity contribution is 6.30. The second-order valence-corrected chi connectivity index (χ2v) is 6.43. The van der Waals surface area contributed by atoms with Crippen molar-refractivity contribution in [1.29, 1.82) is 0 Å². The predicted molar refractivity (Wildman–Crippen MR) is 103 cm³/mol. The Morgan fingerprint density at radius 3 is 2.31 bits per heavy atom. The van der Waals surface area contributed by atoms with Gasteiger partial charge in [0.25, 0.3) is 0 Å². The molecule has 1 aromatic heterocycles. The van der Waals surface area contributed by atoms with Crippen LogP contribution >= 0.6 is 11.6 Å². The van der Waals surface area contributed by atoms with Crippen molar-refractivity contribution in [3.63, 3.8) is 0 Å². The molecule has 0 atom stereocenters. The van der Waals surface area contributed by atoms with Gasteiger partial charge < -0.3 is 15.2 Å². The van der Waals surface area contributed by atoms with E-state index in [0.717, 1.165) is 17.7 Å². The smallest absolute Gasteiger partial charge is 0.352 e. The van der Waals surface area contributed by atoms with Crippen molar-refractivity contribution in [2.75, 3.05) is 7.05 Å². The molecule has 0 amide bonds. The molecule has 0 bridgehead atoms. The summed E-state index contributed by atoms with van der Waals surface area (Å²) < 4.78 is 43.0. The number of aromatic nitrogens is 2. The Balaban J connectivity index is 1.52. The fourth-order valence-electron chi connectivity index (χ4n) is 2.42. The Morgan fingerprint density at radius 1 is 1.03 bits per heavy atom. The molecule has 1 heterocycles. The maximum absolute atomic E-state index is 12.6. The van der Waals surface area contributed by atoms with E-state index in [2.05, 4.69) is 25.8 Å². The molecule has 0 aliphatic heterocycles. The summed E-state index contributed by atoms with van der Waals surface area (Å²) in [5, 5.41) is 10.6. The van der Waals surface area contributed by atoms with Crippen molar-refractivity contribution < 1.29 is 17.7 Å². The van der Waals surface area contributed by atoms with E-state index >= 15 is 0 Å². The van der Waals surface area contributed by atoms with Gasteiger partial charge in [-0.2, -0.15) is 18.2 Å². The molecule has 0 aliphatic rings. The van der Waals surface area contributed by atoms with Crippen LogP contribution in [0.15, 0.2) is 58.0 Å². The summed E-state index contributed by atoms with van der Waals surface area (Å²) in [6, 6.07) is 12.0. The average Bonchev–Trinajstić information content (AvgIpc) is 3.17. The van der Waals surface area contributed by atoms with E-state index in [4.69, 9.17) is 16.1 Å². The number of aliphatic imine (C=N–C) groups is 1. The summed E-state index contributed by atoms with van der Waals surface area (Å²) in [4.78, 5) is 8.35. The van der Waals surface area contributed by atoms with Gasteiger partial charge in [0.2, 0.25) is 11.7 Å². The van der Waals surface area contributed by atoms with Gasteiger partial charge in [-0.3, -0.25) is 4.99 Å². The zero-order chi connectivity index (χ0) is 20.9. The molecular weight excluding hydrogens is 407 g/mol. The first-order valence-electron chi connectivity index (χ1n) is 8.54. The van der Waals surface area contributed by atoms with Gasteiger partial charge in [-0.15, -0.1) is 0 Å². The Kier molecular flexibility index (Phi) is 6.38. The zero-order valence-corrected chi connectivity index (χ0v) is 16.1. The first kappa shape index (κ1) is 20.7. The zero-order valence-electron chi connectivity index (χ0n) is 15.3. The molecule has 0 radical (unpaired) electrons. The molecule has 10 heteroatoms. The first-order valence-corrected chi connectivity index (χ1v) is 8.92. The van der Waals surface area contributed by atoms with Crippen molar-refractivity contribution in [3.05, 3.63) is 70.6 Å². The Morgan fingerprint density at radius 2 is 1.69 bits per heavy atom.